The summed E-state index contributed by atoms with van der Waals surface area (Å²) in [7, 11) is 0. The highest BCUT2D eigenvalue weighted by atomic mass is 35.5. The van der Waals surface area contributed by atoms with Gasteiger partial charge in [-0.05, 0) is 48.0 Å². The van der Waals surface area contributed by atoms with Crippen LogP contribution in [0.5, 0.6) is 0 Å². The molecule has 3 heterocycles. The van der Waals surface area contributed by atoms with E-state index in [1.165, 1.54) is 4.40 Å². The summed E-state index contributed by atoms with van der Waals surface area (Å²) >= 11 is 12.1. The van der Waals surface area contributed by atoms with E-state index < -0.39 is 5.69 Å². The minimum absolute atomic E-state index is 0.191. The lowest BCUT2D eigenvalue weighted by atomic mass is 10.2. The van der Waals surface area contributed by atoms with Crippen LogP contribution in [0.3, 0.4) is 0 Å². The fourth-order valence-corrected chi connectivity index (χ4v) is 3.71. The molecule has 0 unspecified atom stereocenters. The highest BCUT2D eigenvalue weighted by Crippen LogP contribution is 2.25. The molecule has 9 nitrogen and oxygen atoms in total. The Balaban J connectivity index is 1.40. The van der Waals surface area contributed by atoms with E-state index in [1.54, 1.807) is 48.7 Å². The molecule has 0 bridgehead atoms. The van der Waals surface area contributed by atoms with Gasteiger partial charge in [-0.2, -0.15) is 4.98 Å². The lowest BCUT2D eigenvalue weighted by Gasteiger charge is -2.06. The number of aromatic nitrogens is 5. The van der Waals surface area contributed by atoms with Crippen LogP contribution in [0, 0.1) is 0 Å². The highest BCUT2D eigenvalue weighted by Gasteiger charge is 2.18. The molecular formula is C23H16Cl2N6O3. The first-order valence-electron chi connectivity index (χ1n) is 10.2. The zero-order valence-corrected chi connectivity index (χ0v) is 19.0. The number of carbonyl (C=O) groups is 1. The third-order valence-corrected chi connectivity index (χ3v) is 5.72. The lowest BCUT2D eigenvalue weighted by Crippen LogP contribution is -2.32. The molecule has 0 aliphatic rings. The first kappa shape index (κ1) is 21.9. The molecule has 5 rings (SSSR count). The van der Waals surface area contributed by atoms with Crippen molar-refractivity contribution in [3.63, 3.8) is 0 Å². The predicted octanol–water partition coefficient (Wildman–Crippen LogP) is 3.84. The third-order valence-electron chi connectivity index (χ3n) is 5.10. The molecule has 3 aromatic heterocycles. The molecule has 34 heavy (non-hydrogen) atoms. The van der Waals surface area contributed by atoms with Crippen molar-refractivity contribution in [2.45, 2.75) is 13.1 Å². The minimum Gasteiger partial charge on any atom is -0.350 e. The fraction of sp³-hybridized carbons (Fsp3) is 0.0870. The van der Waals surface area contributed by atoms with Gasteiger partial charge in [0.15, 0.2) is 5.65 Å². The van der Waals surface area contributed by atoms with E-state index in [0.29, 0.717) is 21.4 Å². The summed E-state index contributed by atoms with van der Waals surface area (Å²) in [5.41, 5.74) is 1.78. The SMILES string of the molecule is O=C(Cn1nc2c(-c3nc(-c4ccc(Cl)cc4)no3)cccn2c1=O)NCc1ccccc1Cl. The Labute approximate surface area is 202 Å². The molecule has 0 fully saturated rings. The molecule has 5 aromatic rings. The van der Waals surface area contributed by atoms with Crippen LogP contribution < -0.4 is 11.0 Å². The van der Waals surface area contributed by atoms with Gasteiger partial charge in [-0.1, -0.05) is 46.6 Å². The molecule has 0 atom stereocenters. The van der Waals surface area contributed by atoms with Crippen molar-refractivity contribution in [1.82, 2.24) is 29.6 Å². The zero-order valence-electron chi connectivity index (χ0n) is 17.5. The average Bonchev–Trinajstić information content (AvgIpc) is 3.44. The van der Waals surface area contributed by atoms with Crippen molar-refractivity contribution in [2.24, 2.45) is 0 Å². The molecule has 170 valence electrons. The first-order chi connectivity index (χ1) is 16.5. The van der Waals surface area contributed by atoms with E-state index in [2.05, 4.69) is 20.6 Å². The number of amides is 1. The number of carbonyl (C=O) groups excluding carboxylic acids is 1. The number of halogens is 2. The fourth-order valence-electron chi connectivity index (χ4n) is 3.38. The molecule has 11 heteroatoms. The van der Waals surface area contributed by atoms with E-state index in [4.69, 9.17) is 27.7 Å². The molecule has 0 saturated heterocycles. The van der Waals surface area contributed by atoms with Crippen molar-refractivity contribution in [3.8, 4) is 22.8 Å². The normalized spacial score (nSPS) is 11.1. The van der Waals surface area contributed by atoms with Gasteiger partial charge in [-0.3, -0.25) is 4.79 Å². The summed E-state index contributed by atoms with van der Waals surface area (Å²) < 4.78 is 7.82. The molecular weight excluding hydrogens is 479 g/mol. The van der Waals surface area contributed by atoms with Gasteiger partial charge in [0.25, 0.3) is 5.89 Å². The van der Waals surface area contributed by atoms with E-state index in [1.807, 2.05) is 18.2 Å². The van der Waals surface area contributed by atoms with Crippen molar-refractivity contribution in [2.75, 3.05) is 0 Å². The van der Waals surface area contributed by atoms with Gasteiger partial charge in [0, 0.05) is 28.4 Å². The molecule has 0 aliphatic heterocycles. The summed E-state index contributed by atoms with van der Waals surface area (Å²) in [6.07, 6.45) is 1.56. The Morgan fingerprint density at radius 1 is 1.03 bits per heavy atom. The third kappa shape index (κ3) is 4.30. The molecule has 1 N–H and O–H groups in total. The lowest BCUT2D eigenvalue weighted by molar-refractivity contribution is -0.122. The number of nitrogens with zero attached hydrogens (tertiary/aromatic N) is 5. The van der Waals surface area contributed by atoms with Gasteiger partial charge in [0.05, 0.1) is 5.56 Å². The van der Waals surface area contributed by atoms with Crippen molar-refractivity contribution >= 4 is 34.8 Å². The number of benzene rings is 2. The van der Waals surface area contributed by atoms with E-state index in [-0.39, 0.29) is 30.5 Å². The summed E-state index contributed by atoms with van der Waals surface area (Å²) in [6.45, 7) is -0.0222. The zero-order chi connectivity index (χ0) is 23.7. The Hall–Kier alpha value is -3.95. The van der Waals surface area contributed by atoms with Crippen LogP contribution in [-0.4, -0.2) is 30.2 Å². The maximum atomic E-state index is 12.8. The maximum Gasteiger partial charge on any atom is 0.350 e. The Bertz CT molecular complexity index is 1560. The number of rotatable bonds is 6. The monoisotopic (exact) mass is 494 g/mol. The maximum absolute atomic E-state index is 12.8. The highest BCUT2D eigenvalue weighted by molar-refractivity contribution is 6.31. The number of hydrogen-bond donors (Lipinski definition) is 1. The van der Waals surface area contributed by atoms with Crippen LogP contribution in [0.25, 0.3) is 28.5 Å². The number of pyridine rings is 1. The van der Waals surface area contributed by atoms with Crippen molar-refractivity contribution in [3.05, 3.63) is 93.0 Å². The van der Waals surface area contributed by atoms with E-state index in [0.717, 1.165) is 15.8 Å². The molecule has 0 saturated carbocycles. The van der Waals surface area contributed by atoms with Crippen molar-refractivity contribution < 1.29 is 9.32 Å². The molecule has 2 aromatic carbocycles. The van der Waals surface area contributed by atoms with Crippen LogP contribution in [0.2, 0.25) is 10.0 Å². The second kappa shape index (κ2) is 9.12. The summed E-state index contributed by atoms with van der Waals surface area (Å²) in [5, 5.41) is 12.2. The quantitative estimate of drug-likeness (QED) is 0.384. The average molecular weight is 495 g/mol. The largest absolute Gasteiger partial charge is 0.350 e. The minimum atomic E-state index is -0.470. The van der Waals surface area contributed by atoms with Gasteiger partial charge in [0.2, 0.25) is 11.7 Å². The molecule has 0 radical (unpaired) electrons. The summed E-state index contributed by atoms with van der Waals surface area (Å²) in [5.74, 6) is 0.181. The van der Waals surface area contributed by atoms with Crippen molar-refractivity contribution in [1.29, 1.82) is 0 Å². The molecule has 1 amide bonds. The van der Waals surface area contributed by atoms with Gasteiger partial charge < -0.3 is 9.84 Å². The van der Waals surface area contributed by atoms with Crippen LogP contribution in [0.1, 0.15) is 5.56 Å². The predicted molar refractivity (Wildman–Crippen MR) is 126 cm³/mol. The summed E-state index contributed by atoms with van der Waals surface area (Å²) in [4.78, 5) is 29.7. The van der Waals surface area contributed by atoms with Gasteiger partial charge >= 0.3 is 5.69 Å². The Morgan fingerprint density at radius 2 is 1.82 bits per heavy atom. The second-order valence-corrected chi connectivity index (χ2v) is 8.20. The first-order valence-corrected chi connectivity index (χ1v) is 10.9. The summed E-state index contributed by atoms with van der Waals surface area (Å²) in [6, 6.07) is 17.6. The second-order valence-electron chi connectivity index (χ2n) is 7.35. The number of fused-ring (bicyclic) bond motifs is 1. The topological polar surface area (TPSA) is 107 Å². The molecule has 0 spiro atoms. The van der Waals surface area contributed by atoms with Crippen LogP contribution >= 0.6 is 23.2 Å². The van der Waals surface area contributed by atoms with Crippen LogP contribution in [0.15, 0.2) is 76.2 Å². The Kier molecular flexibility index (Phi) is 5.87. The van der Waals surface area contributed by atoms with Gasteiger partial charge in [-0.15, -0.1) is 5.10 Å². The van der Waals surface area contributed by atoms with Gasteiger partial charge in [-0.25, -0.2) is 13.9 Å². The smallest absolute Gasteiger partial charge is 0.350 e. The van der Waals surface area contributed by atoms with E-state index in [9.17, 15) is 9.59 Å². The Morgan fingerprint density at radius 3 is 2.62 bits per heavy atom. The van der Waals surface area contributed by atoms with Gasteiger partial charge in [0.1, 0.15) is 6.54 Å². The van der Waals surface area contributed by atoms with Crippen LogP contribution in [-0.2, 0) is 17.9 Å². The van der Waals surface area contributed by atoms with Crippen LogP contribution in [0.4, 0.5) is 0 Å². The standard InChI is InChI=1S/C23H16Cl2N6O3/c24-16-9-7-14(8-10-16)20-27-22(34-29-20)17-5-3-11-30-21(17)28-31(23(30)33)13-19(32)26-12-15-4-1-2-6-18(15)25/h1-11H,12-13H2,(H,26,32). The number of nitrogens with one attached hydrogen (secondary N) is 1. The number of hydrogen-bond acceptors (Lipinski definition) is 6. The van der Waals surface area contributed by atoms with E-state index >= 15 is 0 Å². The molecule has 0 aliphatic carbocycles.